The number of piperidine rings is 1. The first kappa shape index (κ1) is 17.2. The summed E-state index contributed by atoms with van der Waals surface area (Å²) in [6.45, 7) is 7.83. The van der Waals surface area contributed by atoms with Crippen LogP contribution < -0.4 is 5.32 Å². The normalized spacial score (nSPS) is 18.7. The number of hydrogen-bond donors (Lipinski definition) is 1. The van der Waals surface area contributed by atoms with Gasteiger partial charge in [-0.2, -0.15) is 5.10 Å². The number of nitrogens with one attached hydrogen (secondary N) is 1. The van der Waals surface area contributed by atoms with Gasteiger partial charge < -0.3 is 5.32 Å². The second-order valence-electron chi connectivity index (χ2n) is 6.70. The summed E-state index contributed by atoms with van der Waals surface area (Å²) in [6.07, 6.45) is 2.39. The molecule has 0 unspecified atom stereocenters. The number of thiophene rings is 1. The van der Waals surface area contributed by atoms with E-state index in [0.29, 0.717) is 5.92 Å². The Morgan fingerprint density at radius 3 is 2.96 bits per heavy atom. The van der Waals surface area contributed by atoms with Gasteiger partial charge in [0, 0.05) is 37.3 Å². The highest BCUT2D eigenvalue weighted by atomic mass is 32.1. The Kier molecular flexibility index (Phi) is 5.36. The number of likely N-dealkylation sites (tertiary alicyclic amines) is 1. The molecule has 2 aromatic rings. The number of nitrogens with zero attached hydrogens (tertiary/aromatic N) is 3. The summed E-state index contributed by atoms with van der Waals surface area (Å²) in [5, 5.41) is 9.59. The molecular weight excluding hydrogens is 320 g/mol. The van der Waals surface area contributed by atoms with E-state index in [1.54, 1.807) is 4.68 Å². The summed E-state index contributed by atoms with van der Waals surface area (Å²) in [7, 11) is 1.88. The Labute approximate surface area is 147 Å². The number of hydrogen-bond acceptors (Lipinski definition) is 4. The molecule has 6 heteroatoms. The van der Waals surface area contributed by atoms with Crippen molar-refractivity contribution in [3.8, 4) is 0 Å². The lowest BCUT2D eigenvalue weighted by molar-refractivity contribution is 0.0929. The first-order chi connectivity index (χ1) is 11.5. The Bertz CT molecular complexity index is 692. The average Bonchev–Trinajstić information content (AvgIpc) is 3.14. The molecule has 1 aliphatic rings. The van der Waals surface area contributed by atoms with Crippen LogP contribution in [0.4, 0.5) is 0 Å². The summed E-state index contributed by atoms with van der Waals surface area (Å²) >= 11 is 1.82. The molecule has 1 fully saturated rings. The lowest BCUT2D eigenvalue weighted by Crippen LogP contribution is -2.40. The Balaban J connectivity index is 1.53. The molecule has 0 bridgehead atoms. The standard InChI is InChI=1S/C18H26N4OS/c1-13-17(14(2)21(3)20-13)18(23)19-10-15-6-4-8-22(11-15)12-16-7-5-9-24-16/h5,7,9,15H,4,6,8,10-12H2,1-3H3,(H,19,23)/t15-/m1/s1. The van der Waals surface area contributed by atoms with Crippen molar-refractivity contribution in [2.24, 2.45) is 13.0 Å². The average molecular weight is 346 g/mol. The van der Waals surface area contributed by atoms with Gasteiger partial charge in [0.25, 0.3) is 5.91 Å². The molecule has 3 heterocycles. The van der Waals surface area contributed by atoms with E-state index in [4.69, 9.17) is 0 Å². The third-order valence-electron chi connectivity index (χ3n) is 4.85. The van der Waals surface area contributed by atoms with Gasteiger partial charge in [-0.3, -0.25) is 14.4 Å². The SMILES string of the molecule is Cc1nn(C)c(C)c1C(=O)NC[C@H]1CCCN(Cc2cccs2)C1. The molecule has 3 rings (SSSR count). The predicted octanol–water partition coefficient (Wildman–Crippen LogP) is 2.74. The summed E-state index contributed by atoms with van der Waals surface area (Å²) in [5.74, 6) is 0.536. The van der Waals surface area contributed by atoms with Crippen LogP contribution in [0.2, 0.25) is 0 Å². The van der Waals surface area contributed by atoms with Gasteiger partial charge >= 0.3 is 0 Å². The molecule has 0 radical (unpaired) electrons. The molecule has 5 nitrogen and oxygen atoms in total. The predicted molar refractivity (Wildman–Crippen MR) is 97.3 cm³/mol. The zero-order valence-corrected chi connectivity index (χ0v) is 15.5. The van der Waals surface area contributed by atoms with Gasteiger partial charge in [-0.25, -0.2) is 0 Å². The number of rotatable bonds is 5. The number of amides is 1. The summed E-state index contributed by atoms with van der Waals surface area (Å²) in [6, 6.07) is 4.31. The van der Waals surface area contributed by atoms with Crippen molar-refractivity contribution in [1.29, 1.82) is 0 Å². The van der Waals surface area contributed by atoms with E-state index in [2.05, 4.69) is 32.8 Å². The summed E-state index contributed by atoms with van der Waals surface area (Å²) in [4.78, 5) is 16.4. The van der Waals surface area contributed by atoms with E-state index in [0.717, 1.165) is 43.1 Å². The molecule has 1 saturated heterocycles. The summed E-state index contributed by atoms with van der Waals surface area (Å²) < 4.78 is 1.77. The van der Waals surface area contributed by atoms with Crippen LogP contribution in [0.5, 0.6) is 0 Å². The quantitative estimate of drug-likeness (QED) is 0.906. The zero-order valence-electron chi connectivity index (χ0n) is 14.7. The summed E-state index contributed by atoms with van der Waals surface area (Å²) in [5.41, 5.74) is 2.45. The fraction of sp³-hybridized carbons (Fsp3) is 0.556. The first-order valence-corrected chi connectivity index (χ1v) is 9.45. The van der Waals surface area contributed by atoms with Crippen molar-refractivity contribution in [2.45, 2.75) is 33.2 Å². The van der Waals surface area contributed by atoms with E-state index >= 15 is 0 Å². The molecular formula is C18H26N4OS. The molecule has 0 spiro atoms. The van der Waals surface area contributed by atoms with Crippen LogP contribution in [0.25, 0.3) is 0 Å². The van der Waals surface area contributed by atoms with Crippen LogP contribution in [0.15, 0.2) is 17.5 Å². The molecule has 1 amide bonds. The Morgan fingerprint density at radius 1 is 1.46 bits per heavy atom. The van der Waals surface area contributed by atoms with E-state index in [-0.39, 0.29) is 5.91 Å². The second-order valence-corrected chi connectivity index (χ2v) is 7.73. The molecule has 24 heavy (non-hydrogen) atoms. The maximum Gasteiger partial charge on any atom is 0.255 e. The molecule has 2 aromatic heterocycles. The van der Waals surface area contributed by atoms with Crippen molar-refractivity contribution in [3.63, 3.8) is 0 Å². The Morgan fingerprint density at radius 2 is 2.29 bits per heavy atom. The van der Waals surface area contributed by atoms with Crippen LogP contribution in [0, 0.1) is 19.8 Å². The number of carbonyl (C=O) groups is 1. The third kappa shape index (κ3) is 3.87. The van der Waals surface area contributed by atoms with Crippen LogP contribution in [-0.4, -0.2) is 40.2 Å². The van der Waals surface area contributed by atoms with Crippen molar-refractivity contribution in [3.05, 3.63) is 39.3 Å². The van der Waals surface area contributed by atoms with Crippen LogP contribution >= 0.6 is 11.3 Å². The maximum absolute atomic E-state index is 12.5. The van der Waals surface area contributed by atoms with E-state index in [1.165, 1.54) is 17.7 Å². The van der Waals surface area contributed by atoms with E-state index in [9.17, 15) is 4.79 Å². The smallest absolute Gasteiger partial charge is 0.255 e. The molecule has 0 aromatic carbocycles. The molecule has 1 N–H and O–H groups in total. The van der Waals surface area contributed by atoms with Gasteiger partial charge in [0.1, 0.15) is 0 Å². The van der Waals surface area contributed by atoms with Gasteiger partial charge in [-0.1, -0.05) is 6.07 Å². The van der Waals surface area contributed by atoms with Crippen LogP contribution in [0.3, 0.4) is 0 Å². The highest BCUT2D eigenvalue weighted by Gasteiger charge is 2.22. The number of aromatic nitrogens is 2. The van der Waals surface area contributed by atoms with E-state index in [1.807, 2.05) is 32.2 Å². The largest absolute Gasteiger partial charge is 0.352 e. The zero-order chi connectivity index (χ0) is 17.1. The van der Waals surface area contributed by atoms with Crippen molar-refractivity contribution in [2.75, 3.05) is 19.6 Å². The topological polar surface area (TPSA) is 50.2 Å². The maximum atomic E-state index is 12.5. The van der Waals surface area contributed by atoms with Gasteiger partial charge in [-0.05, 0) is 50.6 Å². The number of carbonyl (C=O) groups excluding carboxylic acids is 1. The Hall–Kier alpha value is -1.66. The second kappa shape index (κ2) is 7.49. The van der Waals surface area contributed by atoms with Crippen LogP contribution in [0.1, 0.15) is 39.5 Å². The van der Waals surface area contributed by atoms with Crippen LogP contribution in [-0.2, 0) is 13.6 Å². The minimum Gasteiger partial charge on any atom is -0.352 e. The molecule has 130 valence electrons. The van der Waals surface area contributed by atoms with Crippen molar-refractivity contribution < 1.29 is 4.79 Å². The lowest BCUT2D eigenvalue weighted by atomic mass is 9.97. The molecule has 0 saturated carbocycles. The van der Waals surface area contributed by atoms with E-state index < -0.39 is 0 Å². The van der Waals surface area contributed by atoms with Crippen molar-refractivity contribution in [1.82, 2.24) is 20.0 Å². The van der Waals surface area contributed by atoms with Gasteiger partial charge in [-0.15, -0.1) is 11.3 Å². The minimum atomic E-state index is 0.00785. The lowest BCUT2D eigenvalue weighted by Gasteiger charge is -2.32. The first-order valence-electron chi connectivity index (χ1n) is 8.57. The fourth-order valence-electron chi connectivity index (χ4n) is 3.51. The molecule has 0 aliphatic carbocycles. The highest BCUT2D eigenvalue weighted by molar-refractivity contribution is 7.09. The third-order valence-corrected chi connectivity index (χ3v) is 5.71. The number of aryl methyl sites for hydroxylation is 2. The van der Waals surface area contributed by atoms with Gasteiger partial charge in [0.05, 0.1) is 11.3 Å². The molecule has 1 atom stereocenters. The fourth-order valence-corrected chi connectivity index (χ4v) is 4.26. The van der Waals surface area contributed by atoms with Crippen molar-refractivity contribution >= 4 is 17.2 Å². The monoisotopic (exact) mass is 346 g/mol. The van der Waals surface area contributed by atoms with Gasteiger partial charge in [0.15, 0.2) is 0 Å². The highest BCUT2D eigenvalue weighted by Crippen LogP contribution is 2.20. The molecule has 1 aliphatic heterocycles. The van der Waals surface area contributed by atoms with Gasteiger partial charge in [0.2, 0.25) is 0 Å². The minimum absolute atomic E-state index is 0.00785.